The highest BCUT2D eigenvalue weighted by atomic mass is 19.2. The SMILES string of the molecule is OB(O)OC1(c2c(F)c(F)c(F)c(F)c2F)c2c(c(F)c3c(F)c(F)c(F)c(F)c3c2F)C(F)C(F)(c2c(F)c(F)c(F)c(F)c2F)C1(F)c1c(F)c(F)c(F)c(F)c1F. The molecule has 0 radical (unpaired) electrons. The van der Waals surface area contributed by atoms with E-state index in [9.17, 15) is 49.6 Å². The van der Waals surface area contributed by atoms with Gasteiger partial charge in [0.15, 0.2) is 105 Å². The highest BCUT2D eigenvalue weighted by molar-refractivity contribution is 6.33. The van der Waals surface area contributed by atoms with E-state index in [0.29, 0.717) is 0 Å². The molecule has 1 aliphatic carbocycles. The Morgan fingerprint density at radius 2 is 0.633 bits per heavy atom. The van der Waals surface area contributed by atoms with Crippen molar-refractivity contribution in [2.75, 3.05) is 0 Å². The van der Waals surface area contributed by atoms with E-state index in [1.807, 2.05) is 0 Å². The lowest BCUT2D eigenvalue weighted by Crippen LogP contribution is -2.67. The molecule has 4 unspecified atom stereocenters. The molecule has 0 saturated carbocycles. The quantitative estimate of drug-likeness (QED) is 0.0800. The summed E-state index contributed by atoms with van der Waals surface area (Å²) in [6.07, 6.45) is -5.82. The van der Waals surface area contributed by atoms with Gasteiger partial charge in [0.25, 0.3) is 0 Å². The molecule has 0 bridgehead atoms. The number of benzene rings is 5. The molecule has 0 heterocycles. The molecule has 0 amide bonds. The third-order valence-electron chi connectivity index (χ3n) is 9.34. The van der Waals surface area contributed by atoms with Crippen LogP contribution in [0.5, 0.6) is 0 Å². The van der Waals surface area contributed by atoms with Crippen LogP contribution < -0.4 is 0 Å². The molecule has 5 aromatic carbocycles. The monoisotopic (exact) mass is 902 g/mol. The third-order valence-corrected chi connectivity index (χ3v) is 9.34. The second-order valence-electron chi connectivity index (χ2n) is 12.1. The summed E-state index contributed by atoms with van der Waals surface area (Å²) in [6, 6.07) is 0. The number of hydrogen-bond acceptors (Lipinski definition) is 3. The van der Waals surface area contributed by atoms with Crippen molar-refractivity contribution in [2.24, 2.45) is 0 Å². The minimum absolute atomic E-state index is 3.02. The zero-order valence-corrected chi connectivity index (χ0v) is 27.0. The predicted octanol–water partition coefficient (Wildman–Crippen LogP) is 9.74. The molecule has 4 atom stereocenters. The van der Waals surface area contributed by atoms with Crippen LogP contribution in [0.15, 0.2) is 0 Å². The second kappa shape index (κ2) is 13.8. The van der Waals surface area contributed by atoms with Gasteiger partial charge in [0, 0.05) is 11.1 Å². The molecular weight excluding hydrogens is 899 g/mol. The lowest BCUT2D eigenvalue weighted by molar-refractivity contribution is -0.221. The number of halogens is 24. The first-order chi connectivity index (χ1) is 27.6. The smallest absolute Gasteiger partial charge is 0.402 e. The average molecular weight is 902 g/mol. The predicted molar refractivity (Wildman–Crippen MR) is 144 cm³/mol. The summed E-state index contributed by atoms with van der Waals surface area (Å²) in [7, 11) is -4.77. The van der Waals surface area contributed by atoms with E-state index in [-0.39, 0.29) is 0 Å². The molecule has 5 aromatic rings. The van der Waals surface area contributed by atoms with Gasteiger partial charge in [0.05, 0.1) is 27.5 Å². The largest absolute Gasteiger partial charge is 0.634 e. The maximum atomic E-state index is 19.0. The van der Waals surface area contributed by atoms with Gasteiger partial charge in [-0.1, -0.05) is 0 Å². The van der Waals surface area contributed by atoms with Gasteiger partial charge >= 0.3 is 7.32 Å². The third kappa shape index (κ3) is 4.99. The maximum absolute atomic E-state index is 19.0. The van der Waals surface area contributed by atoms with Gasteiger partial charge < -0.3 is 14.7 Å². The van der Waals surface area contributed by atoms with Crippen LogP contribution in [0.4, 0.5) is 105 Å². The zero-order chi connectivity index (χ0) is 45.5. The van der Waals surface area contributed by atoms with E-state index in [1.165, 1.54) is 0 Å². The Labute approximate surface area is 311 Å². The van der Waals surface area contributed by atoms with Gasteiger partial charge in [-0.3, -0.25) is 0 Å². The normalized spacial score (nSPS) is 21.6. The number of fused-ring (bicyclic) bond motifs is 2. The minimum Gasteiger partial charge on any atom is -0.402 e. The number of rotatable bonds is 5. The lowest BCUT2D eigenvalue weighted by Gasteiger charge is -2.56. The summed E-state index contributed by atoms with van der Waals surface area (Å²) < 4.78 is 378. The molecule has 6 rings (SSSR count). The molecule has 0 aromatic heterocycles. The van der Waals surface area contributed by atoms with Crippen LogP contribution in [-0.4, -0.2) is 17.4 Å². The minimum atomic E-state index is -7.55. The molecule has 0 saturated heterocycles. The van der Waals surface area contributed by atoms with Gasteiger partial charge in [-0.05, 0) is 0 Å². The van der Waals surface area contributed by atoms with E-state index in [2.05, 4.69) is 4.65 Å². The van der Waals surface area contributed by atoms with E-state index < -0.39 is 191 Å². The highest BCUT2D eigenvalue weighted by Crippen LogP contribution is 2.72. The van der Waals surface area contributed by atoms with Crippen molar-refractivity contribution in [2.45, 2.75) is 23.1 Å². The summed E-state index contributed by atoms with van der Waals surface area (Å²) in [5, 5.41) is 13.6. The summed E-state index contributed by atoms with van der Waals surface area (Å²) in [5.74, 6) is -79.2. The van der Waals surface area contributed by atoms with Crippen LogP contribution in [-0.2, 0) is 21.6 Å². The maximum Gasteiger partial charge on any atom is 0.634 e. The van der Waals surface area contributed by atoms with Crippen molar-refractivity contribution in [3.63, 3.8) is 0 Å². The van der Waals surface area contributed by atoms with Crippen molar-refractivity contribution >= 4 is 18.1 Å². The van der Waals surface area contributed by atoms with Gasteiger partial charge in [0.2, 0.25) is 28.8 Å². The van der Waals surface area contributed by atoms with E-state index >= 15 is 65.9 Å². The van der Waals surface area contributed by atoms with Crippen molar-refractivity contribution < 1.29 is 120 Å². The summed E-state index contributed by atoms with van der Waals surface area (Å²) >= 11 is 0. The van der Waals surface area contributed by atoms with Crippen molar-refractivity contribution in [3.8, 4) is 0 Å². The second-order valence-corrected chi connectivity index (χ2v) is 12.1. The van der Waals surface area contributed by atoms with Crippen LogP contribution >= 0.6 is 0 Å². The van der Waals surface area contributed by atoms with Gasteiger partial charge in [0.1, 0.15) is 11.6 Å². The first-order valence-corrected chi connectivity index (χ1v) is 14.8. The Balaban J connectivity index is 2.20. The molecular formula is C32H3BF24O3. The summed E-state index contributed by atoms with van der Waals surface area (Å²) in [6.45, 7) is 0. The van der Waals surface area contributed by atoms with Crippen LogP contribution in [0.3, 0.4) is 0 Å². The van der Waals surface area contributed by atoms with Gasteiger partial charge in [-0.15, -0.1) is 0 Å². The molecule has 60 heavy (non-hydrogen) atoms. The number of alkyl halides is 3. The Morgan fingerprint density at radius 3 is 0.983 bits per heavy atom. The molecule has 3 nitrogen and oxygen atoms in total. The van der Waals surface area contributed by atoms with Gasteiger partial charge in [-0.2, -0.15) is 0 Å². The van der Waals surface area contributed by atoms with E-state index in [1.54, 1.807) is 0 Å². The summed E-state index contributed by atoms with van der Waals surface area (Å²) in [5.41, 5.74) is -41.6. The molecule has 0 spiro atoms. The highest BCUT2D eigenvalue weighted by Gasteiger charge is 2.82. The Morgan fingerprint density at radius 1 is 0.350 bits per heavy atom. The molecule has 320 valence electrons. The molecule has 1 aliphatic rings. The molecule has 28 heteroatoms. The zero-order valence-electron chi connectivity index (χ0n) is 27.0. The summed E-state index contributed by atoms with van der Waals surface area (Å²) in [4.78, 5) is 0. The van der Waals surface area contributed by atoms with Crippen molar-refractivity contribution in [1.29, 1.82) is 0 Å². The fraction of sp³-hybridized carbons (Fsp3) is 0.125. The van der Waals surface area contributed by atoms with Crippen LogP contribution in [0.1, 0.15) is 34.0 Å². The lowest BCUT2D eigenvalue weighted by atomic mass is 9.53. The Bertz CT molecular complexity index is 2680. The fourth-order valence-corrected chi connectivity index (χ4v) is 6.97. The number of hydrogen-bond donors (Lipinski definition) is 2. The van der Waals surface area contributed by atoms with Crippen LogP contribution in [0.2, 0.25) is 0 Å². The Hall–Kier alpha value is -5.38. The van der Waals surface area contributed by atoms with Crippen LogP contribution in [0.25, 0.3) is 10.8 Å². The molecule has 0 aliphatic heterocycles. The van der Waals surface area contributed by atoms with E-state index in [0.717, 1.165) is 0 Å². The standard InChI is InChI=1S/C32H3BF24O3/c34-8-1-2(11(37)19(45)18(44)10(1)36)9(35)4-3(8)29(55)30(56,5-12(38)20(46)26(52)21(47)13(5)39)32(57,7-16(42)24(50)28(54)25(51)17(7)43)31(4,60-33(58)59)6-14(40)22(48)27(53)23(49)15(6)41/h29,58-59H. The van der Waals surface area contributed by atoms with Crippen molar-refractivity contribution in [3.05, 3.63) is 150 Å². The first kappa shape index (κ1) is 44.2. The fourth-order valence-electron chi connectivity index (χ4n) is 6.97. The van der Waals surface area contributed by atoms with Crippen molar-refractivity contribution in [1.82, 2.24) is 0 Å². The van der Waals surface area contributed by atoms with E-state index in [4.69, 9.17) is 0 Å². The first-order valence-electron chi connectivity index (χ1n) is 14.8. The molecule has 2 N–H and O–H groups in total. The Kier molecular flexibility index (Phi) is 10.2. The van der Waals surface area contributed by atoms with Crippen LogP contribution in [0, 0.1) is 122 Å². The van der Waals surface area contributed by atoms with Gasteiger partial charge in [-0.25, -0.2) is 105 Å². The topological polar surface area (TPSA) is 49.7 Å². The molecule has 0 fully saturated rings. The average Bonchev–Trinajstić information content (AvgIpc) is 3.19.